The molecule has 0 saturated carbocycles. The van der Waals surface area contributed by atoms with E-state index in [1.165, 1.54) is 4.90 Å². The van der Waals surface area contributed by atoms with Crippen LogP contribution in [0.15, 0.2) is 18.2 Å². The fourth-order valence-corrected chi connectivity index (χ4v) is 5.51. The number of amides is 3. The molecule has 0 aromatic heterocycles. The third-order valence-corrected chi connectivity index (χ3v) is 7.45. The summed E-state index contributed by atoms with van der Waals surface area (Å²) in [5.41, 5.74) is 1.04. The summed E-state index contributed by atoms with van der Waals surface area (Å²) >= 11 is 1.89. The number of hydrogen-bond acceptors (Lipinski definition) is 6. The van der Waals surface area contributed by atoms with Gasteiger partial charge in [-0.3, -0.25) is 19.3 Å². The van der Waals surface area contributed by atoms with Crippen molar-refractivity contribution in [3.05, 3.63) is 29.3 Å². The number of fused-ring (bicyclic) bond motifs is 1. The van der Waals surface area contributed by atoms with E-state index in [-0.39, 0.29) is 30.2 Å². The van der Waals surface area contributed by atoms with Gasteiger partial charge in [0.2, 0.25) is 5.91 Å². The molecular weight excluding hydrogens is 414 g/mol. The largest absolute Gasteiger partial charge is 0.377 e. The van der Waals surface area contributed by atoms with Crippen LogP contribution in [0.25, 0.3) is 0 Å². The second-order valence-electron chi connectivity index (χ2n) is 9.08. The van der Waals surface area contributed by atoms with Gasteiger partial charge in [0.05, 0.1) is 34.9 Å². The lowest BCUT2D eigenvalue weighted by Gasteiger charge is -2.37. The number of benzene rings is 1. The van der Waals surface area contributed by atoms with Crippen LogP contribution in [0.5, 0.6) is 0 Å². The minimum Gasteiger partial charge on any atom is -0.377 e. The van der Waals surface area contributed by atoms with Gasteiger partial charge in [-0.2, -0.15) is 11.8 Å². The molecule has 2 saturated heterocycles. The van der Waals surface area contributed by atoms with Crippen LogP contribution in [0.3, 0.4) is 0 Å². The van der Waals surface area contributed by atoms with Crippen molar-refractivity contribution in [2.45, 2.75) is 32.3 Å². The topological polar surface area (TPSA) is 70.2 Å². The molecule has 3 heterocycles. The van der Waals surface area contributed by atoms with E-state index in [1.54, 1.807) is 13.2 Å². The van der Waals surface area contributed by atoms with Gasteiger partial charge in [-0.1, -0.05) is 6.07 Å². The third-order valence-electron chi connectivity index (χ3n) is 6.50. The molecule has 1 unspecified atom stereocenters. The lowest BCUT2D eigenvalue weighted by atomic mass is 9.94. The molecule has 2 fully saturated rings. The Hall–Kier alpha value is -2.06. The minimum atomic E-state index is -0.622. The van der Waals surface area contributed by atoms with Gasteiger partial charge < -0.3 is 14.5 Å². The zero-order chi connectivity index (χ0) is 22.2. The number of methoxy groups -OCH3 is 1. The van der Waals surface area contributed by atoms with E-state index in [2.05, 4.69) is 4.90 Å². The fraction of sp³-hybridized carbons (Fsp3) is 0.609. The van der Waals surface area contributed by atoms with E-state index in [0.29, 0.717) is 17.7 Å². The summed E-state index contributed by atoms with van der Waals surface area (Å²) in [7, 11) is 1.58. The first-order valence-electron chi connectivity index (χ1n) is 11.0. The SMILES string of the molecule is COC(C)(C)CN1C(=O)c2cccc(N3CCCC(C(=O)N4CCSCC4)C3)c2C1=O. The Morgan fingerprint density at radius 2 is 1.90 bits per heavy atom. The molecule has 7 nitrogen and oxygen atoms in total. The molecule has 8 heteroatoms. The highest BCUT2D eigenvalue weighted by Gasteiger charge is 2.41. The number of nitrogens with zero attached hydrogens (tertiary/aromatic N) is 3. The van der Waals surface area contributed by atoms with Crippen LogP contribution >= 0.6 is 11.8 Å². The number of rotatable bonds is 5. The second kappa shape index (κ2) is 8.82. The van der Waals surface area contributed by atoms with Gasteiger partial charge >= 0.3 is 0 Å². The van der Waals surface area contributed by atoms with Crippen molar-refractivity contribution in [1.82, 2.24) is 9.80 Å². The fourth-order valence-electron chi connectivity index (χ4n) is 4.61. The van der Waals surface area contributed by atoms with E-state index in [0.717, 1.165) is 49.7 Å². The highest BCUT2D eigenvalue weighted by molar-refractivity contribution is 7.99. The van der Waals surface area contributed by atoms with E-state index < -0.39 is 5.60 Å². The predicted molar refractivity (Wildman–Crippen MR) is 122 cm³/mol. The number of carbonyl (C=O) groups excluding carboxylic acids is 3. The Morgan fingerprint density at radius 3 is 2.61 bits per heavy atom. The first-order valence-corrected chi connectivity index (χ1v) is 12.1. The summed E-state index contributed by atoms with van der Waals surface area (Å²) in [6.45, 7) is 6.92. The van der Waals surface area contributed by atoms with Crippen LogP contribution in [0.2, 0.25) is 0 Å². The Bertz CT molecular complexity index is 882. The van der Waals surface area contributed by atoms with Crippen molar-refractivity contribution < 1.29 is 19.1 Å². The van der Waals surface area contributed by atoms with E-state index in [1.807, 2.05) is 42.6 Å². The van der Waals surface area contributed by atoms with Crippen LogP contribution in [0.1, 0.15) is 47.4 Å². The Morgan fingerprint density at radius 1 is 1.16 bits per heavy atom. The molecule has 1 aromatic rings. The van der Waals surface area contributed by atoms with Crippen molar-refractivity contribution in [2.24, 2.45) is 5.92 Å². The highest BCUT2D eigenvalue weighted by atomic mass is 32.2. The summed E-state index contributed by atoms with van der Waals surface area (Å²) in [6, 6.07) is 5.45. The summed E-state index contributed by atoms with van der Waals surface area (Å²) in [6.07, 6.45) is 1.76. The molecule has 168 valence electrons. The van der Waals surface area contributed by atoms with Gasteiger partial charge in [-0.05, 0) is 38.8 Å². The van der Waals surface area contributed by atoms with Crippen molar-refractivity contribution in [2.75, 3.05) is 56.2 Å². The molecule has 0 N–H and O–H groups in total. The van der Waals surface area contributed by atoms with Gasteiger partial charge in [0.15, 0.2) is 0 Å². The molecule has 0 bridgehead atoms. The Labute approximate surface area is 188 Å². The molecule has 0 radical (unpaired) electrons. The number of imide groups is 1. The zero-order valence-electron chi connectivity index (χ0n) is 18.6. The molecule has 3 aliphatic heterocycles. The number of hydrogen-bond donors (Lipinski definition) is 0. The van der Waals surface area contributed by atoms with E-state index in [4.69, 9.17) is 4.74 Å². The van der Waals surface area contributed by atoms with Crippen molar-refractivity contribution in [3.8, 4) is 0 Å². The second-order valence-corrected chi connectivity index (χ2v) is 10.3. The normalized spacial score (nSPS) is 22.2. The molecule has 31 heavy (non-hydrogen) atoms. The molecule has 1 aromatic carbocycles. The minimum absolute atomic E-state index is 0.0663. The standard InChI is InChI=1S/C23H31N3O4S/c1-23(2,30-3)15-26-21(28)17-7-4-8-18(19(17)22(26)29)25-9-5-6-16(14-25)20(27)24-10-12-31-13-11-24/h4,7-8,16H,5-6,9-15H2,1-3H3. The maximum Gasteiger partial charge on any atom is 0.263 e. The molecular formula is C23H31N3O4S. The summed E-state index contributed by atoms with van der Waals surface area (Å²) in [5, 5.41) is 0. The van der Waals surface area contributed by atoms with Crippen LogP contribution in [-0.2, 0) is 9.53 Å². The number of carbonyl (C=O) groups is 3. The van der Waals surface area contributed by atoms with Crippen LogP contribution in [0, 0.1) is 5.92 Å². The lowest BCUT2D eigenvalue weighted by Crippen LogP contribution is -2.47. The van der Waals surface area contributed by atoms with Gasteiger partial charge in [0, 0.05) is 44.8 Å². The smallest absolute Gasteiger partial charge is 0.263 e. The van der Waals surface area contributed by atoms with Gasteiger partial charge in [-0.25, -0.2) is 0 Å². The Balaban J connectivity index is 1.56. The molecule has 1 atom stereocenters. The first-order chi connectivity index (χ1) is 14.8. The average molecular weight is 446 g/mol. The summed E-state index contributed by atoms with van der Waals surface area (Å²) in [4.78, 5) is 44.7. The van der Waals surface area contributed by atoms with Crippen molar-refractivity contribution in [3.63, 3.8) is 0 Å². The lowest BCUT2D eigenvalue weighted by molar-refractivity contribution is -0.135. The van der Waals surface area contributed by atoms with Crippen LogP contribution in [0.4, 0.5) is 5.69 Å². The maximum atomic E-state index is 13.3. The van der Waals surface area contributed by atoms with E-state index >= 15 is 0 Å². The molecule has 3 amide bonds. The number of thioether (sulfide) groups is 1. The third kappa shape index (κ3) is 4.32. The predicted octanol–water partition coefficient (Wildman–Crippen LogP) is 2.50. The Kier molecular flexibility index (Phi) is 6.30. The average Bonchev–Trinajstić information content (AvgIpc) is 3.04. The summed E-state index contributed by atoms with van der Waals surface area (Å²) < 4.78 is 5.44. The summed E-state index contributed by atoms with van der Waals surface area (Å²) in [5.74, 6) is 1.61. The molecule has 0 spiro atoms. The number of anilines is 1. The molecule has 3 aliphatic rings. The van der Waals surface area contributed by atoms with Gasteiger partial charge in [-0.15, -0.1) is 0 Å². The highest BCUT2D eigenvalue weighted by Crippen LogP contribution is 2.35. The zero-order valence-corrected chi connectivity index (χ0v) is 19.4. The molecule has 4 rings (SSSR count). The van der Waals surface area contributed by atoms with Gasteiger partial charge in [0.25, 0.3) is 11.8 Å². The molecule has 0 aliphatic carbocycles. The first kappa shape index (κ1) is 22.1. The maximum absolute atomic E-state index is 13.3. The van der Waals surface area contributed by atoms with Gasteiger partial charge in [0.1, 0.15) is 0 Å². The number of piperidine rings is 1. The van der Waals surface area contributed by atoms with Crippen LogP contribution < -0.4 is 4.90 Å². The monoisotopic (exact) mass is 445 g/mol. The van der Waals surface area contributed by atoms with Crippen molar-refractivity contribution in [1.29, 1.82) is 0 Å². The number of ether oxygens (including phenoxy) is 1. The quantitative estimate of drug-likeness (QED) is 0.649. The van der Waals surface area contributed by atoms with Crippen LogP contribution in [-0.4, -0.2) is 84.5 Å². The van der Waals surface area contributed by atoms with E-state index in [9.17, 15) is 14.4 Å². The van der Waals surface area contributed by atoms with Crippen molar-refractivity contribution >= 4 is 35.2 Å².